The number of halogens is 1. The van der Waals surface area contributed by atoms with Gasteiger partial charge in [0.05, 0.1) is 12.8 Å². The maximum atomic E-state index is 5.92. The summed E-state index contributed by atoms with van der Waals surface area (Å²) in [6, 6.07) is 0. The van der Waals surface area contributed by atoms with E-state index in [1.165, 1.54) is 0 Å². The molecule has 0 fully saturated rings. The molecule has 0 aliphatic heterocycles. The van der Waals surface area contributed by atoms with Gasteiger partial charge in [-0.1, -0.05) is 18.5 Å². The summed E-state index contributed by atoms with van der Waals surface area (Å²) in [5, 5.41) is 4.68. The zero-order valence-electron chi connectivity index (χ0n) is 6.89. The number of rotatable bonds is 2. The molecule has 0 amide bonds. The molecule has 4 heteroatoms. The first kappa shape index (κ1) is 8.40. The van der Waals surface area contributed by atoms with E-state index in [1.54, 1.807) is 11.8 Å². The number of hydrogen-bond acceptors (Lipinski definition) is 2. The number of aromatic nitrogens is 2. The number of methoxy groups -OCH3 is 1. The van der Waals surface area contributed by atoms with Crippen LogP contribution in [0.5, 0.6) is 5.88 Å². The van der Waals surface area contributed by atoms with Crippen molar-refractivity contribution in [3.8, 4) is 5.88 Å². The van der Waals surface area contributed by atoms with Gasteiger partial charge in [0.25, 0.3) is 5.88 Å². The molecule has 62 valence electrons. The van der Waals surface area contributed by atoms with Crippen LogP contribution in [0.2, 0.25) is 5.02 Å². The summed E-state index contributed by atoms with van der Waals surface area (Å²) in [5.41, 5.74) is 1.00. The van der Waals surface area contributed by atoms with Gasteiger partial charge in [0.15, 0.2) is 0 Å². The lowest BCUT2D eigenvalue weighted by molar-refractivity contribution is 0.392. The fraction of sp³-hybridized carbons (Fsp3) is 0.571. The van der Waals surface area contributed by atoms with E-state index in [9.17, 15) is 0 Å². The minimum atomic E-state index is 0.506. The highest BCUT2D eigenvalue weighted by Gasteiger charge is 2.11. The van der Waals surface area contributed by atoms with Crippen LogP contribution in [0.4, 0.5) is 0 Å². The maximum Gasteiger partial charge on any atom is 0.251 e. The Hall–Kier alpha value is -0.700. The molecule has 0 spiro atoms. The molecule has 3 nitrogen and oxygen atoms in total. The molecule has 11 heavy (non-hydrogen) atoms. The fourth-order valence-corrected chi connectivity index (χ4v) is 1.39. The summed E-state index contributed by atoms with van der Waals surface area (Å²) in [7, 11) is 3.42. The Kier molecular flexibility index (Phi) is 2.39. The lowest BCUT2D eigenvalue weighted by Crippen LogP contribution is -1.96. The van der Waals surface area contributed by atoms with Crippen molar-refractivity contribution in [1.29, 1.82) is 0 Å². The molecular weight excluding hydrogens is 164 g/mol. The maximum absolute atomic E-state index is 5.92. The Morgan fingerprint density at radius 2 is 2.27 bits per heavy atom. The van der Waals surface area contributed by atoms with Gasteiger partial charge in [0.1, 0.15) is 5.02 Å². The molecular formula is C7H11ClN2O. The van der Waals surface area contributed by atoms with Gasteiger partial charge in [-0.3, -0.25) is 4.68 Å². The molecule has 0 saturated carbocycles. The molecule has 0 aromatic carbocycles. The van der Waals surface area contributed by atoms with E-state index in [0.29, 0.717) is 10.9 Å². The van der Waals surface area contributed by atoms with E-state index in [-0.39, 0.29) is 0 Å². The first-order valence-electron chi connectivity index (χ1n) is 3.46. The summed E-state index contributed by atoms with van der Waals surface area (Å²) in [5.74, 6) is 0.506. The predicted molar refractivity (Wildman–Crippen MR) is 44.1 cm³/mol. The van der Waals surface area contributed by atoms with E-state index in [2.05, 4.69) is 5.10 Å². The van der Waals surface area contributed by atoms with Crippen LogP contribution in [0.1, 0.15) is 12.6 Å². The highest BCUT2D eigenvalue weighted by Crippen LogP contribution is 2.26. The van der Waals surface area contributed by atoms with Crippen molar-refractivity contribution in [2.24, 2.45) is 7.05 Å². The molecule has 0 bridgehead atoms. The van der Waals surface area contributed by atoms with Gasteiger partial charge < -0.3 is 4.74 Å². The normalized spacial score (nSPS) is 10.2. The van der Waals surface area contributed by atoms with Crippen LogP contribution in [0.25, 0.3) is 0 Å². The van der Waals surface area contributed by atoms with Gasteiger partial charge in [-0.15, -0.1) is 5.10 Å². The van der Waals surface area contributed by atoms with Gasteiger partial charge in [0, 0.05) is 7.05 Å². The smallest absolute Gasteiger partial charge is 0.251 e. The van der Waals surface area contributed by atoms with Crippen molar-refractivity contribution in [3.63, 3.8) is 0 Å². The van der Waals surface area contributed by atoms with Crippen molar-refractivity contribution >= 4 is 11.6 Å². The summed E-state index contributed by atoms with van der Waals surface area (Å²) >= 11 is 5.92. The second kappa shape index (κ2) is 3.13. The molecule has 0 radical (unpaired) electrons. The Morgan fingerprint density at radius 3 is 2.55 bits per heavy atom. The molecule has 1 aromatic rings. The van der Waals surface area contributed by atoms with Crippen LogP contribution in [0, 0.1) is 0 Å². The molecule has 1 heterocycles. The third-order valence-corrected chi connectivity index (χ3v) is 1.98. The quantitative estimate of drug-likeness (QED) is 0.682. The van der Waals surface area contributed by atoms with Crippen LogP contribution >= 0.6 is 11.6 Å². The van der Waals surface area contributed by atoms with Gasteiger partial charge >= 0.3 is 0 Å². The van der Waals surface area contributed by atoms with Gasteiger partial charge in [-0.05, 0) is 6.42 Å². The number of aryl methyl sites for hydroxylation is 1. The second-order valence-electron chi connectivity index (χ2n) is 2.25. The van der Waals surface area contributed by atoms with Gasteiger partial charge in [0.2, 0.25) is 0 Å². The summed E-state index contributed by atoms with van der Waals surface area (Å²) in [6.07, 6.45) is 0.867. The number of ether oxygens (including phenoxy) is 1. The van der Waals surface area contributed by atoms with E-state index in [0.717, 1.165) is 12.1 Å². The van der Waals surface area contributed by atoms with Crippen LogP contribution in [0.15, 0.2) is 0 Å². The lowest BCUT2D eigenvalue weighted by Gasteiger charge is -1.94. The molecule has 0 saturated heterocycles. The van der Waals surface area contributed by atoms with Crippen molar-refractivity contribution in [2.75, 3.05) is 7.11 Å². The zero-order valence-corrected chi connectivity index (χ0v) is 7.64. The Morgan fingerprint density at radius 1 is 1.64 bits per heavy atom. The Bertz CT molecular complexity index is 257. The molecule has 0 aliphatic carbocycles. The minimum absolute atomic E-state index is 0.506. The Balaban J connectivity index is 3.14. The van der Waals surface area contributed by atoms with E-state index < -0.39 is 0 Å². The SMILES string of the molecule is CCc1c(Cl)c(OC)nn1C. The van der Waals surface area contributed by atoms with E-state index >= 15 is 0 Å². The van der Waals surface area contributed by atoms with E-state index in [4.69, 9.17) is 16.3 Å². The highest BCUT2D eigenvalue weighted by molar-refractivity contribution is 6.32. The van der Waals surface area contributed by atoms with Crippen LogP contribution in [-0.4, -0.2) is 16.9 Å². The highest BCUT2D eigenvalue weighted by atomic mass is 35.5. The monoisotopic (exact) mass is 174 g/mol. The lowest BCUT2D eigenvalue weighted by atomic mass is 10.3. The summed E-state index contributed by atoms with van der Waals surface area (Å²) in [4.78, 5) is 0. The van der Waals surface area contributed by atoms with Gasteiger partial charge in [-0.25, -0.2) is 0 Å². The molecule has 0 N–H and O–H groups in total. The van der Waals surface area contributed by atoms with Crippen molar-refractivity contribution < 1.29 is 4.74 Å². The first-order chi connectivity index (χ1) is 5.20. The third-order valence-electron chi connectivity index (χ3n) is 1.60. The fourth-order valence-electron chi connectivity index (χ4n) is 1.02. The van der Waals surface area contributed by atoms with Crippen LogP contribution in [0.3, 0.4) is 0 Å². The average Bonchev–Trinajstić information content (AvgIpc) is 2.26. The predicted octanol–water partition coefficient (Wildman–Crippen LogP) is 1.64. The summed E-state index contributed by atoms with van der Waals surface area (Å²) < 4.78 is 6.68. The van der Waals surface area contributed by atoms with Crippen LogP contribution < -0.4 is 4.74 Å². The molecule has 0 unspecified atom stereocenters. The van der Waals surface area contributed by atoms with E-state index in [1.807, 2.05) is 14.0 Å². The molecule has 1 aromatic heterocycles. The minimum Gasteiger partial charge on any atom is -0.479 e. The molecule has 1 rings (SSSR count). The average molecular weight is 175 g/mol. The zero-order chi connectivity index (χ0) is 8.43. The van der Waals surface area contributed by atoms with Crippen molar-refractivity contribution in [1.82, 2.24) is 9.78 Å². The standard InChI is InChI=1S/C7H11ClN2O/c1-4-5-6(8)7(11-3)9-10(5)2/h4H2,1-3H3. The third kappa shape index (κ3) is 1.33. The first-order valence-corrected chi connectivity index (χ1v) is 3.83. The Labute approximate surface area is 70.9 Å². The topological polar surface area (TPSA) is 27.1 Å². The molecule has 0 atom stereocenters. The second-order valence-corrected chi connectivity index (χ2v) is 2.63. The molecule has 0 aliphatic rings. The van der Waals surface area contributed by atoms with Crippen molar-refractivity contribution in [3.05, 3.63) is 10.7 Å². The number of hydrogen-bond donors (Lipinski definition) is 0. The van der Waals surface area contributed by atoms with Gasteiger partial charge in [-0.2, -0.15) is 0 Å². The summed E-state index contributed by atoms with van der Waals surface area (Å²) in [6.45, 7) is 2.03. The number of nitrogens with zero attached hydrogens (tertiary/aromatic N) is 2. The van der Waals surface area contributed by atoms with Crippen molar-refractivity contribution in [2.45, 2.75) is 13.3 Å². The van der Waals surface area contributed by atoms with Crippen LogP contribution in [-0.2, 0) is 13.5 Å². The largest absolute Gasteiger partial charge is 0.479 e.